The first-order valence-electron chi connectivity index (χ1n) is 6.69. The molecule has 2 aromatic heterocycles. The van der Waals surface area contributed by atoms with Gasteiger partial charge in [0.15, 0.2) is 0 Å². The molecule has 6 heteroatoms. The Morgan fingerprint density at radius 2 is 1.90 bits per heavy atom. The van der Waals surface area contributed by atoms with Gasteiger partial charge in [-0.1, -0.05) is 13.8 Å². The second-order valence-corrected chi connectivity index (χ2v) is 4.59. The quantitative estimate of drug-likeness (QED) is 0.734. The molecule has 0 unspecified atom stereocenters. The number of anilines is 1. The summed E-state index contributed by atoms with van der Waals surface area (Å²) in [6.45, 7) is 4.11. The fourth-order valence-corrected chi connectivity index (χ4v) is 2.21. The van der Waals surface area contributed by atoms with Crippen LogP contribution in [0.5, 0.6) is 0 Å². The van der Waals surface area contributed by atoms with Crippen molar-refractivity contribution in [1.82, 2.24) is 25.0 Å². The molecule has 2 heterocycles. The zero-order chi connectivity index (χ0) is 14.1. The maximum absolute atomic E-state index is 5.83. The summed E-state index contributed by atoms with van der Waals surface area (Å²) in [5.74, 6) is 0.486. The van der Waals surface area contributed by atoms with Crippen LogP contribution in [0.2, 0.25) is 0 Å². The van der Waals surface area contributed by atoms with Crippen LogP contribution in [0, 0.1) is 0 Å². The van der Waals surface area contributed by atoms with E-state index in [0.29, 0.717) is 11.6 Å². The number of nitrogen functional groups attached to an aromatic ring is 1. The number of nitrogens with zero attached hydrogens (tertiary/aromatic N) is 5. The first-order chi connectivity index (χ1) is 9.72. The fraction of sp³-hybridized carbons (Fsp3) is 0.286. The summed E-state index contributed by atoms with van der Waals surface area (Å²) in [6, 6.07) is 5.65. The number of fused-ring (bicyclic) bond motifs is 1. The molecule has 0 aliphatic rings. The summed E-state index contributed by atoms with van der Waals surface area (Å²) in [5.41, 5.74) is 9.31. The number of hydrogen-bond donors (Lipinski definition) is 1. The van der Waals surface area contributed by atoms with E-state index < -0.39 is 0 Å². The van der Waals surface area contributed by atoms with Crippen molar-refractivity contribution < 1.29 is 0 Å². The number of benzene rings is 1. The van der Waals surface area contributed by atoms with Gasteiger partial charge in [-0.2, -0.15) is 9.78 Å². The van der Waals surface area contributed by atoms with E-state index in [-0.39, 0.29) is 0 Å². The number of aromatic nitrogens is 5. The fourth-order valence-electron chi connectivity index (χ4n) is 2.21. The van der Waals surface area contributed by atoms with Crippen LogP contribution in [0.4, 0.5) is 5.69 Å². The smallest absolute Gasteiger partial charge is 0.270 e. The highest BCUT2D eigenvalue weighted by Gasteiger charge is 2.11. The molecular weight excluding hydrogens is 252 g/mol. The lowest BCUT2D eigenvalue weighted by molar-refractivity contribution is 0.742. The summed E-state index contributed by atoms with van der Waals surface area (Å²) in [5, 5.41) is 13.8. The molecule has 3 aromatic rings. The molecular formula is C14H16N6. The highest BCUT2D eigenvalue weighted by Crippen LogP contribution is 2.19. The predicted octanol–water partition coefficient (Wildman–Crippen LogP) is 1.92. The third-order valence-corrected chi connectivity index (χ3v) is 3.28. The van der Waals surface area contributed by atoms with Gasteiger partial charge < -0.3 is 5.73 Å². The molecule has 0 aliphatic heterocycles. The summed E-state index contributed by atoms with van der Waals surface area (Å²) < 4.78 is 1.68. The van der Waals surface area contributed by atoms with Crippen molar-refractivity contribution in [2.75, 3.05) is 5.73 Å². The Hall–Kier alpha value is -2.50. The van der Waals surface area contributed by atoms with Crippen molar-refractivity contribution in [2.45, 2.75) is 26.7 Å². The molecule has 3 rings (SSSR count). The second-order valence-electron chi connectivity index (χ2n) is 4.59. The lowest BCUT2D eigenvalue weighted by Crippen LogP contribution is -2.10. The largest absolute Gasteiger partial charge is 0.399 e. The van der Waals surface area contributed by atoms with E-state index in [9.17, 15) is 0 Å². The van der Waals surface area contributed by atoms with E-state index in [1.54, 1.807) is 10.9 Å². The first kappa shape index (κ1) is 12.5. The van der Waals surface area contributed by atoms with Gasteiger partial charge in [-0.25, -0.2) is 4.98 Å². The van der Waals surface area contributed by atoms with E-state index in [1.165, 1.54) is 0 Å². The Labute approximate surface area is 116 Å². The molecule has 6 nitrogen and oxygen atoms in total. The van der Waals surface area contributed by atoms with Gasteiger partial charge in [0, 0.05) is 11.1 Å². The molecule has 2 N–H and O–H groups in total. The molecule has 102 valence electrons. The molecule has 20 heavy (non-hydrogen) atoms. The summed E-state index contributed by atoms with van der Waals surface area (Å²) in [6.07, 6.45) is 3.43. The minimum absolute atomic E-state index is 0.486. The summed E-state index contributed by atoms with van der Waals surface area (Å²) in [4.78, 5) is 4.57. The molecule has 0 saturated heterocycles. The Bertz CT molecular complexity index is 761. The molecule has 0 aliphatic carbocycles. The predicted molar refractivity (Wildman–Crippen MR) is 77.6 cm³/mol. The van der Waals surface area contributed by atoms with Gasteiger partial charge in [-0.15, -0.1) is 10.2 Å². The third-order valence-electron chi connectivity index (χ3n) is 3.28. The molecule has 0 fully saturated rings. The minimum atomic E-state index is 0.486. The van der Waals surface area contributed by atoms with Gasteiger partial charge >= 0.3 is 0 Å². The monoisotopic (exact) mass is 268 g/mol. The highest BCUT2D eigenvalue weighted by atomic mass is 15.4. The molecule has 0 radical (unpaired) electrons. The van der Waals surface area contributed by atoms with Crippen LogP contribution in [-0.4, -0.2) is 25.0 Å². The highest BCUT2D eigenvalue weighted by molar-refractivity contribution is 5.82. The van der Waals surface area contributed by atoms with Gasteiger partial charge in [0.25, 0.3) is 5.95 Å². The maximum atomic E-state index is 5.83. The van der Waals surface area contributed by atoms with E-state index in [4.69, 9.17) is 5.73 Å². The lowest BCUT2D eigenvalue weighted by atomic mass is 10.2. The number of aryl methyl sites for hydroxylation is 2. The minimum Gasteiger partial charge on any atom is -0.399 e. The van der Waals surface area contributed by atoms with Crippen LogP contribution in [0.1, 0.15) is 25.2 Å². The standard InChI is InChI=1S/C14H16N6/c1-3-11-12(4-2)18-19-14(17-11)20-13-7-10(15)6-5-9(13)8-16-20/h5-8H,3-4,15H2,1-2H3. The average molecular weight is 268 g/mol. The zero-order valence-corrected chi connectivity index (χ0v) is 11.5. The van der Waals surface area contributed by atoms with Crippen LogP contribution < -0.4 is 5.73 Å². The molecule has 0 bridgehead atoms. The Balaban J connectivity index is 2.18. The van der Waals surface area contributed by atoms with Crippen LogP contribution >= 0.6 is 0 Å². The SMILES string of the molecule is CCc1nnc(-n2ncc3ccc(N)cc32)nc1CC. The van der Waals surface area contributed by atoms with Gasteiger partial charge in [-0.05, 0) is 31.0 Å². The number of hydrogen-bond acceptors (Lipinski definition) is 5. The zero-order valence-electron chi connectivity index (χ0n) is 11.5. The molecule has 1 aromatic carbocycles. The van der Waals surface area contributed by atoms with Crippen LogP contribution in [0.15, 0.2) is 24.4 Å². The Morgan fingerprint density at radius 1 is 1.10 bits per heavy atom. The molecule has 0 atom stereocenters. The van der Waals surface area contributed by atoms with Crippen molar-refractivity contribution in [3.8, 4) is 5.95 Å². The van der Waals surface area contributed by atoms with Crippen LogP contribution in [-0.2, 0) is 12.8 Å². The van der Waals surface area contributed by atoms with Crippen LogP contribution in [0.3, 0.4) is 0 Å². The van der Waals surface area contributed by atoms with E-state index >= 15 is 0 Å². The number of nitrogens with two attached hydrogens (primary N) is 1. The Kier molecular flexibility index (Phi) is 3.06. The topological polar surface area (TPSA) is 82.5 Å². The molecule has 0 saturated carbocycles. The molecule has 0 spiro atoms. The van der Waals surface area contributed by atoms with Crippen molar-refractivity contribution in [3.05, 3.63) is 35.8 Å². The third kappa shape index (κ3) is 1.99. The van der Waals surface area contributed by atoms with Crippen LogP contribution in [0.25, 0.3) is 16.9 Å². The van der Waals surface area contributed by atoms with Gasteiger partial charge in [-0.3, -0.25) is 0 Å². The van der Waals surface area contributed by atoms with Gasteiger partial charge in [0.1, 0.15) is 0 Å². The van der Waals surface area contributed by atoms with Gasteiger partial charge in [0.05, 0.1) is 23.1 Å². The lowest BCUT2D eigenvalue weighted by Gasteiger charge is -2.06. The van der Waals surface area contributed by atoms with Crippen molar-refractivity contribution in [3.63, 3.8) is 0 Å². The van der Waals surface area contributed by atoms with E-state index in [2.05, 4.69) is 34.1 Å². The van der Waals surface area contributed by atoms with Crippen molar-refractivity contribution >= 4 is 16.6 Å². The number of rotatable bonds is 3. The second kappa shape index (κ2) is 4.88. The summed E-state index contributed by atoms with van der Waals surface area (Å²) in [7, 11) is 0. The molecule has 0 amide bonds. The van der Waals surface area contributed by atoms with E-state index in [1.807, 2.05) is 18.2 Å². The van der Waals surface area contributed by atoms with Crippen molar-refractivity contribution in [1.29, 1.82) is 0 Å². The average Bonchev–Trinajstić information content (AvgIpc) is 2.89. The van der Waals surface area contributed by atoms with Gasteiger partial charge in [0.2, 0.25) is 0 Å². The Morgan fingerprint density at radius 3 is 2.65 bits per heavy atom. The summed E-state index contributed by atoms with van der Waals surface area (Å²) >= 11 is 0. The normalized spacial score (nSPS) is 11.1. The maximum Gasteiger partial charge on any atom is 0.270 e. The van der Waals surface area contributed by atoms with Crippen molar-refractivity contribution in [2.24, 2.45) is 0 Å². The van der Waals surface area contributed by atoms with E-state index in [0.717, 1.165) is 35.1 Å². The first-order valence-corrected chi connectivity index (χ1v) is 6.69.